The largest absolute Gasteiger partial charge is 0.497 e. The van der Waals surface area contributed by atoms with Crippen LogP contribution in [-0.2, 0) is 4.79 Å². The van der Waals surface area contributed by atoms with E-state index < -0.39 is 0 Å². The minimum atomic E-state index is -0.327. The number of nitrogens with one attached hydrogen (secondary N) is 1. The lowest BCUT2D eigenvalue weighted by molar-refractivity contribution is -0.123. The molecule has 0 saturated carbocycles. The van der Waals surface area contributed by atoms with Gasteiger partial charge in [0.1, 0.15) is 11.5 Å². The van der Waals surface area contributed by atoms with E-state index in [-0.39, 0.29) is 12.5 Å². The van der Waals surface area contributed by atoms with Crippen LogP contribution in [0.3, 0.4) is 0 Å². The molecule has 0 saturated heterocycles. The van der Waals surface area contributed by atoms with Gasteiger partial charge in [-0.2, -0.15) is 5.10 Å². The quantitative estimate of drug-likeness (QED) is 0.514. The maximum absolute atomic E-state index is 11.8. The Morgan fingerprint density at radius 3 is 2.19 bits per heavy atom. The molecule has 1 amide bonds. The monoisotopic (exact) mass is 360 g/mol. The number of rotatable bonds is 7. The van der Waals surface area contributed by atoms with Crippen LogP contribution in [-0.4, -0.2) is 25.8 Å². The molecule has 0 atom stereocenters. The van der Waals surface area contributed by atoms with E-state index in [2.05, 4.69) is 10.5 Å². The molecule has 0 aliphatic heterocycles. The molecule has 0 fully saturated rings. The predicted octanol–water partition coefficient (Wildman–Crippen LogP) is 3.89. The number of nitrogens with zero attached hydrogens (tertiary/aromatic N) is 1. The van der Waals surface area contributed by atoms with Crippen LogP contribution in [0, 0.1) is 0 Å². The number of hydrazone groups is 1. The summed E-state index contributed by atoms with van der Waals surface area (Å²) >= 11 is 0. The fourth-order valence-electron chi connectivity index (χ4n) is 2.42. The molecule has 3 rings (SSSR count). The predicted molar refractivity (Wildman–Crippen MR) is 106 cm³/mol. The standard InChI is InChI=1S/C22H20N2O3/c1-26-20-11-7-17(8-12-20)15-23-24-22(25)16-27-21-13-9-19(10-14-21)18-5-3-2-4-6-18/h2-15H,16H2,1H3,(H,24,25). The lowest BCUT2D eigenvalue weighted by Gasteiger charge is -2.06. The van der Waals surface area contributed by atoms with Crippen molar-refractivity contribution >= 4 is 12.1 Å². The third-order valence-electron chi connectivity index (χ3n) is 3.85. The van der Waals surface area contributed by atoms with Crippen LogP contribution in [0.1, 0.15) is 5.56 Å². The molecular weight excluding hydrogens is 340 g/mol. The number of carbonyl (C=O) groups is 1. The van der Waals surface area contributed by atoms with Crippen LogP contribution in [0.4, 0.5) is 0 Å². The van der Waals surface area contributed by atoms with E-state index in [4.69, 9.17) is 9.47 Å². The molecule has 0 unspecified atom stereocenters. The summed E-state index contributed by atoms with van der Waals surface area (Å²) < 4.78 is 10.6. The molecule has 0 aromatic heterocycles. The second-order valence-corrected chi connectivity index (χ2v) is 5.75. The highest BCUT2D eigenvalue weighted by atomic mass is 16.5. The van der Waals surface area contributed by atoms with Gasteiger partial charge >= 0.3 is 0 Å². The molecule has 0 heterocycles. The summed E-state index contributed by atoms with van der Waals surface area (Å²) in [5, 5.41) is 3.92. The molecule has 3 aromatic rings. The minimum Gasteiger partial charge on any atom is -0.497 e. The molecule has 1 N–H and O–H groups in total. The number of benzene rings is 3. The third kappa shape index (κ3) is 5.44. The van der Waals surface area contributed by atoms with Crippen LogP contribution < -0.4 is 14.9 Å². The summed E-state index contributed by atoms with van der Waals surface area (Å²) in [5.74, 6) is 1.07. The molecule has 0 aliphatic rings. The number of hydrogen-bond acceptors (Lipinski definition) is 4. The second-order valence-electron chi connectivity index (χ2n) is 5.75. The average Bonchev–Trinajstić information content (AvgIpc) is 2.74. The Bertz CT molecular complexity index is 889. The Kier molecular flexibility index (Phi) is 6.20. The van der Waals surface area contributed by atoms with Crippen molar-refractivity contribution in [2.45, 2.75) is 0 Å². The van der Waals surface area contributed by atoms with E-state index in [9.17, 15) is 4.79 Å². The Balaban J connectivity index is 1.46. The Morgan fingerprint density at radius 2 is 1.52 bits per heavy atom. The number of carbonyl (C=O) groups excluding carboxylic acids is 1. The molecule has 27 heavy (non-hydrogen) atoms. The van der Waals surface area contributed by atoms with Crippen molar-refractivity contribution in [1.29, 1.82) is 0 Å². The van der Waals surface area contributed by atoms with Crippen molar-refractivity contribution in [3.8, 4) is 22.6 Å². The zero-order valence-corrected chi connectivity index (χ0v) is 15.0. The minimum absolute atomic E-state index is 0.107. The van der Waals surface area contributed by atoms with Gasteiger partial charge in [-0.05, 0) is 53.1 Å². The summed E-state index contributed by atoms with van der Waals surface area (Å²) in [5.41, 5.74) is 5.52. The Labute approximate surface area is 158 Å². The van der Waals surface area contributed by atoms with Crippen molar-refractivity contribution < 1.29 is 14.3 Å². The van der Waals surface area contributed by atoms with Gasteiger partial charge < -0.3 is 9.47 Å². The van der Waals surface area contributed by atoms with Crippen LogP contribution in [0.15, 0.2) is 84.0 Å². The van der Waals surface area contributed by atoms with Gasteiger partial charge in [-0.25, -0.2) is 5.43 Å². The smallest absolute Gasteiger partial charge is 0.277 e. The number of methoxy groups -OCH3 is 1. The van der Waals surface area contributed by atoms with Gasteiger partial charge in [0.25, 0.3) is 5.91 Å². The number of hydrogen-bond donors (Lipinski definition) is 1. The van der Waals surface area contributed by atoms with Gasteiger partial charge in [-0.1, -0.05) is 42.5 Å². The molecule has 0 bridgehead atoms. The van der Waals surface area contributed by atoms with Gasteiger partial charge in [-0.3, -0.25) is 4.79 Å². The highest BCUT2D eigenvalue weighted by Gasteiger charge is 2.02. The maximum Gasteiger partial charge on any atom is 0.277 e. The van der Waals surface area contributed by atoms with E-state index in [0.29, 0.717) is 5.75 Å². The number of amides is 1. The van der Waals surface area contributed by atoms with Crippen molar-refractivity contribution in [3.05, 3.63) is 84.4 Å². The lowest BCUT2D eigenvalue weighted by Crippen LogP contribution is -2.24. The molecule has 0 aliphatic carbocycles. The first-order valence-electron chi connectivity index (χ1n) is 8.49. The number of ether oxygens (including phenoxy) is 2. The van der Waals surface area contributed by atoms with Crippen LogP contribution >= 0.6 is 0 Å². The van der Waals surface area contributed by atoms with Crippen molar-refractivity contribution in [1.82, 2.24) is 5.43 Å². The summed E-state index contributed by atoms with van der Waals surface area (Å²) in [7, 11) is 1.61. The topological polar surface area (TPSA) is 59.9 Å². The fraction of sp³-hybridized carbons (Fsp3) is 0.0909. The zero-order chi connectivity index (χ0) is 18.9. The molecule has 5 heteroatoms. The maximum atomic E-state index is 11.8. The van der Waals surface area contributed by atoms with Gasteiger partial charge in [-0.15, -0.1) is 0 Å². The van der Waals surface area contributed by atoms with E-state index in [1.165, 1.54) is 0 Å². The molecule has 5 nitrogen and oxygen atoms in total. The highest BCUT2D eigenvalue weighted by Crippen LogP contribution is 2.21. The van der Waals surface area contributed by atoms with Crippen LogP contribution in [0.5, 0.6) is 11.5 Å². The summed E-state index contributed by atoms with van der Waals surface area (Å²) in [6.07, 6.45) is 1.56. The molecule has 3 aromatic carbocycles. The summed E-state index contributed by atoms with van der Waals surface area (Å²) in [6, 6.07) is 25.0. The summed E-state index contributed by atoms with van der Waals surface area (Å²) in [6.45, 7) is -0.107. The first kappa shape index (κ1) is 18.2. The van der Waals surface area contributed by atoms with E-state index >= 15 is 0 Å². The van der Waals surface area contributed by atoms with E-state index in [0.717, 1.165) is 22.4 Å². The Hall–Kier alpha value is -3.60. The zero-order valence-electron chi connectivity index (χ0n) is 15.0. The van der Waals surface area contributed by atoms with E-state index in [1.807, 2.05) is 78.9 Å². The van der Waals surface area contributed by atoms with Gasteiger partial charge in [0, 0.05) is 0 Å². The SMILES string of the molecule is COc1ccc(C=NNC(=O)COc2ccc(-c3ccccc3)cc2)cc1. The molecule has 136 valence electrons. The van der Waals surface area contributed by atoms with Crippen molar-refractivity contribution in [2.24, 2.45) is 5.10 Å². The fourth-order valence-corrected chi connectivity index (χ4v) is 2.42. The summed E-state index contributed by atoms with van der Waals surface area (Å²) in [4.78, 5) is 11.8. The molecule has 0 radical (unpaired) electrons. The van der Waals surface area contributed by atoms with Crippen molar-refractivity contribution in [3.63, 3.8) is 0 Å². The molecule has 0 spiro atoms. The lowest BCUT2D eigenvalue weighted by atomic mass is 10.1. The third-order valence-corrected chi connectivity index (χ3v) is 3.85. The first-order chi connectivity index (χ1) is 13.2. The first-order valence-corrected chi connectivity index (χ1v) is 8.49. The molecular formula is C22H20N2O3. The second kappa shape index (κ2) is 9.20. The van der Waals surface area contributed by atoms with Crippen molar-refractivity contribution in [2.75, 3.05) is 13.7 Å². The highest BCUT2D eigenvalue weighted by molar-refractivity contribution is 5.83. The van der Waals surface area contributed by atoms with Gasteiger partial charge in [0.15, 0.2) is 6.61 Å². The Morgan fingerprint density at radius 1 is 0.889 bits per heavy atom. The normalized spacial score (nSPS) is 10.6. The average molecular weight is 360 g/mol. The van der Waals surface area contributed by atoms with Crippen LogP contribution in [0.2, 0.25) is 0 Å². The van der Waals surface area contributed by atoms with E-state index in [1.54, 1.807) is 13.3 Å². The van der Waals surface area contributed by atoms with Gasteiger partial charge in [0.05, 0.1) is 13.3 Å². The van der Waals surface area contributed by atoms with Crippen LogP contribution in [0.25, 0.3) is 11.1 Å². The van der Waals surface area contributed by atoms with Gasteiger partial charge in [0.2, 0.25) is 0 Å².